The summed E-state index contributed by atoms with van der Waals surface area (Å²) in [5.74, 6) is -0.841. The van der Waals surface area contributed by atoms with Gasteiger partial charge < -0.3 is 10.2 Å². The number of phenolic OH excluding ortho intramolecular Hbond substituents is 2. The van der Waals surface area contributed by atoms with E-state index in [0.717, 1.165) is 12.1 Å². The lowest BCUT2D eigenvalue weighted by atomic mass is 9.72. The van der Waals surface area contributed by atoms with Gasteiger partial charge in [-0.3, -0.25) is 0 Å². The molecule has 0 unspecified atom stereocenters. The largest absolute Gasteiger partial charge is 0.508 e. The van der Waals surface area contributed by atoms with Gasteiger partial charge in [-0.2, -0.15) is 26.3 Å². The summed E-state index contributed by atoms with van der Waals surface area (Å²) in [4.78, 5) is 0. The van der Waals surface area contributed by atoms with E-state index < -0.39 is 40.4 Å². The smallest absolute Gasteiger partial charge is 0.411 e. The molecule has 136 valence electrons. The highest BCUT2D eigenvalue weighted by molar-refractivity contribution is 14.1. The number of alkyl halides is 6. The van der Waals surface area contributed by atoms with Gasteiger partial charge in [0, 0.05) is 0 Å². The summed E-state index contributed by atoms with van der Waals surface area (Å²) in [6.07, 6.45) is -11.4. The summed E-state index contributed by atoms with van der Waals surface area (Å²) < 4.78 is 83.0. The van der Waals surface area contributed by atoms with Crippen LogP contribution in [0.1, 0.15) is 16.7 Å². The molecule has 0 bridgehead atoms. The van der Waals surface area contributed by atoms with Crippen LogP contribution in [-0.2, 0) is 5.41 Å². The Balaban J connectivity index is 2.96. The van der Waals surface area contributed by atoms with Gasteiger partial charge in [0.2, 0.25) is 5.41 Å². The molecule has 0 radical (unpaired) electrons. The Kier molecular flexibility index (Phi) is 4.92. The van der Waals surface area contributed by atoms with Crippen LogP contribution in [-0.4, -0.2) is 22.6 Å². The van der Waals surface area contributed by atoms with Crippen LogP contribution < -0.4 is 0 Å². The van der Waals surface area contributed by atoms with E-state index in [1.165, 1.54) is 29.5 Å². The first kappa shape index (κ1) is 19.7. The summed E-state index contributed by atoms with van der Waals surface area (Å²) in [6, 6.07) is 4.09. The Morgan fingerprint density at radius 2 is 1.20 bits per heavy atom. The standard InChI is InChI=1S/C16H11F6IO2/c1-8-6-9(2-4-12(8)24)14(15(17,18)19,16(20,21)22)10-3-5-13(25)11(23)7-10/h2-7,24-25H,1H3. The Hall–Kier alpha value is -1.65. The Labute approximate surface area is 152 Å². The molecular formula is C16H11F6IO2. The number of benzene rings is 2. The second-order valence-corrected chi connectivity index (χ2v) is 6.58. The summed E-state index contributed by atoms with van der Waals surface area (Å²) >= 11 is 1.45. The van der Waals surface area contributed by atoms with Crippen molar-refractivity contribution in [3.05, 3.63) is 56.7 Å². The highest BCUT2D eigenvalue weighted by Crippen LogP contribution is 2.56. The number of aromatic hydroxyl groups is 2. The van der Waals surface area contributed by atoms with Crippen LogP contribution in [0.25, 0.3) is 0 Å². The Morgan fingerprint density at radius 3 is 1.60 bits per heavy atom. The summed E-state index contributed by atoms with van der Waals surface area (Å²) in [7, 11) is 0. The summed E-state index contributed by atoms with van der Waals surface area (Å²) in [5, 5.41) is 18.9. The maximum Gasteiger partial charge on any atom is 0.411 e. The predicted octanol–water partition coefficient (Wildman–Crippen LogP) is 5.42. The lowest BCUT2D eigenvalue weighted by Crippen LogP contribution is -2.54. The highest BCUT2D eigenvalue weighted by atomic mass is 127. The number of halogens is 7. The van der Waals surface area contributed by atoms with Crippen LogP contribution in [0.15, 0.2) is 36.4 Å². The van der Waals surface area contributed by atoms with Crippen LogP contribution in [0.4, 0.5) is 26.3 Å². The van der Waals surface area contributed by atoms with E-state index in [0.29, 0.717) is 24.3 Å². The fraction of sp³-hybridized carbons (Fsp3) is 0.250. The first-order valence-corrected chi connectivity index (χ1v) is 7.82. The molecule has 2 rings (SSSR count). The Morgan fingerprint density at radius 1 is 0.760 bits per heavy atom. The fourth-order valence-electron chi connectivity index (χ4n) is 2.61. The van der Waals surface area contributed by atoms with Crippen molar-refractivity contribution in [1.29, 1.82) is 0 Å². The molecule has 0 amide bonds. The molecule has 2 N–H and O–H groups in total. The molecule has 0 aliphatic heterocycles. The average Bonchev–Trinajstić information content (AvgIpc) is 2.44. The van der Waals surface area contributed by atoms with Crippen molar-refractivity contribution in [1.82, 2.24) is 0 Å². The van der Waals surface area contributed by atoms with Crippen molar-refractivity contribution < 1.29 is 36.6 Å². The van der Waals surface area contributed by atoms with Gasteiger partial charge in [0.05, 0.1) is 3.57 Å². The number of rotatable bonds is 2. The van der Waals surface area contributed by atoms with Crippen LogP contribution in [0.3, 0.4) is 0 Å². The van der Waals surface area contributed by atoms with Crippen molar-refractivity contribution >= 4 is 22.6 Å². The third-order valence-corrected chi connectivity index (χ3v) is 4.72. The van der Waals surface area contributed by atoms with Gasteiger partial charge in [0.1, 0.15) is 11.5 Å². The minimum atomic E-state index is -5.71. The lowest BCUT2D eigenvalue weighted by Gasteiger charge is -2.38. The maximum atomic E-state index is 13.9. The zero-order chi connectivity index (χ0) is 19.2. The van der Waals surface area contributed by atoms with Crippen LogP contribution >= 0.6 is 22.6 Å². The van der Waals surface area contributed by atoms with E-state index in [9.17, 15) is 36.6 Å². The van der Waals surface area contributed by atoms with Crippen molar-refractivity contribution in [2.24, 2.45) is 0 Å². The monoisotopic (exact) mass is 476 g/mol. The van der Waals surface area contributed by atoms with Crippen molar-refractivity contribution in [2.45, 2.75) is 24.7 Å². The molecule has 2 nitrogen and oxygen atoms in total. The minimum absolute atomic E-state index is 0.121. The van der Waals surface area contributed by atoms with Gasteiger partial charge in [-0.1, -0.05) is 18.2 Å². The van der Waals surface area contributed by atoms with E-state index in [1.807, 2.05) is 0 Å². The lowest BCUT2D eigenvalue weighted by molar-refractivity contribution is -0.288. The van der Waals surface area contributed by atoms with E-state index in [2.05, 4.69) is 0 Å². The molecular weight excluding hydrogens is 465 g/mol. The first-order chi connectivity index (χ1) is 11.3. The number of hydrogen-bond donors (Lipinski definition) is 2. The van der Waals surface area contributed by atoms with Gasteiger partial charge in [-0.05, 0) is 64.4 Å². The van der Waals surface area contributed by atoms with Crippen LogP contribution in [0, 0.1) is 10.5 Å². The molecule has 2 aromatic carbocycles. The number of hydrogen-bond acceptors (Lipinski definition) is 2. The van der Waals surface area contributed by atoms with Gasteiger partial charge in [0.25, 0.3) is 0 Å². The minimum Gasteiger partial charge on any atom is -0.508 e. The third kappa shape index (κ3) is 3.13. The van der Waals surface area contributed by atoms with Gasteiger partial charge >= 0.3 is 12.4 Å². The molecule has 0 aliphatic rings. The molecule has 0 saturated carbocycles. The average molecular weight is 476 g/mol. The fourth-order valence-corrected chi connectivity index (χ4v) is 3.13. The van der Waals surface area contributed by atoms with Gasteiger partial charge in [-0.15, -0.1) is 0 Å². The summed E-state index contributed by atoms with van der Waals surface area (Å²) in [6.45, 7) is 1.21. The van der Waals surface area contributed by atoms with E-state index in [1.54, 1.807) is 0 Å². The van der Waals surface area contributed by atoms with E-state index in [4.69, 9.17) is 0 Å². The highest BCUT2D eigenvalue weighted by Gasteiger charge is 2.72. The van der Waals surface area contributed by atoms with Crippen molar-refractivity contribution in [3.8, 4) is 11.5 Å². The van der Waals surface area contributed by atoms with E-state index in [-0.39, 0.29) is 9.13 Å². The molecule has 0 aliphatic carbocycles. The molecule has 25 heavy (non-hydrogen) atoms. The zero-order valence-electron chi connectivity index (χ0n) is 12.5. The summed E-state index contributed by atoms with van der Waals surface area (Å²) in [5.41, 5.74) is -6.56. The van der Waals surface area contributed by atoms with Gasteiger partial charge in [-0.25, -0.2) is 0 Å². The van der Waals surface area contributed by atoms with Crippen molar-refractivity contribution in [2.75, 3.05) is 0 Å². The molecule has 0 fully saturated rings. The second-order valence-electron chi connectivity index (χ2n) is 5.41. The topological polar surface area (TPSA) is 40.5 Å². The van der Waals surface area contributed by atoms with Crippen LogP contribution in [0.2, 0.25) is 0 Å². The van der Waals surface area contributed by atoms with Crippen molar-refractivity contribution in [3.63, 3.8) is 0 Å². The number of phenols is 2. The molecule has 0 heterocycles. The predicted molar refractivity (Wildman–Crippen MR) is 86.6 cm³/mol. The normalized spacial score (nSPS) is 13.1. The Bertz CT molecular complexity index is 731. The van der Waals surface area contributed by atoms with Gasteiger partial charge in [0.15, 0.2) is 0 Å². The molecule has 0 saturated heterocycles. The van der Waals surface area contributed by atoms with E-state index >= 15 is 0 Å². The molecule has 0 spiro atoms. The molecule has 0 aromatic heterocycles. The van der Waals surface area contributed by atoms with Crippen LogP contribution in [0.5, 0.6) is 11.5 Å². The molecule has 2 aromatic rings. The zero-order valence-corrected chi connectivity index (χ0v) is 14.7. The first-order valence-electron chi connectivity index (χ1n) is 6.75. The molecule has 0 atom stereocenters. The SMILES string of the molecule is Cc1cc(C(c2ccc(O)c(I)c2)(C(F)(F)F)C(F)(F)F)ccc1O. The molecule has 9 heteroatoms. The quantitative estimate of drug-likeness (QED) is 0.449. The maximum absolute atomic E-state index is 13.9. The number of aryl methyl sites for hydroxylation is 1. The second kappa shape index (κ2) is 6.26. The third-order valence-electron chi connectivity index (χ3n) is 3.86.